The minimum Gasteiger partial charge on any atom is -0.389 e. The van der Waals surface area contributed by atoms with Crippen LogP contribution in [-0.4, -0.2) is 151 Å². The van der Waals surface area contributed by atoms with Crippen molar-refractivity contribution in [2.45, 2.75) is 136 Å². The first-order valence-corrected chi connectivity index (χ1v) is 14.9. The third-order valence-electron chi connectivity index (χ3n) is 9.05. The first-order chi connectivity index (χ1) is 20.4. The molecule has 0 radical (unpaired) electrons. The van der Waals surface area contributed by atoms with Crippen molar-refractivity contribution in [1.29, 1.82) is 0 Å². The molecule has 18 atom stereocenters. The lowest BCUT2D eigenvalue weighted by Gasteiger charge is -2.48. The number of alkyl halides is 1. The summed E-state index contributed by atoms with van der Waals surface area (Å²) >= 11 is 0. The predicted molar refractivity (Wildman–Crippen MR) is 149 cm³/mol. The molecule has 2 aliphatic carbocycles. The van der Waals surface area contributed by atoms with Crippen LogP contribution in [0.2, 0.25) is 0 Å². The van der Waals surface area contributed by atoms with Crippen molar-refractivity contribution in [2.24, 2.45) is 34.4 Å². The molecule has 2 heterocycles. The number of aliphatic hydroxyl groups is 4. The molecule has 2 saturated carbocycles. The third-order valence-corrected chi connectivity index (χ3v) is 9.05. The van der Waals surface area contributed by atoms with E-state index in [4.69, 9.17) is 58.1 Å². The molecule has 18 N–H and O–H groups in total. The zero-order chi connectivity index (χ0) is 31.6. The van der Waals surface area contributed by atoms with Gasteiger partial charge in [0.15, 0.2) is 12.6 Å². The number of halogens is 1. The highest BCUT2D eigenvalue weighted by atomic mass is 19.1. The van der Waals surface area contributed by atoms with Gasteiger partial charge in [-0.05, 0) is 25.7 Å². The third kappa shape index (κ3) is 7.63. The topological polar surface area (TPSA) is 307 Å². The molecule has 0 aromatic carbocycles. The molecule has 0 unspecified atom stereocenters. The van der Waals surface area contributed by atoms with Crippen LogP contribution in [0.25, 0.3) is 0 Å². The van der Waals surface area contributed by atoms with Gasteiger partial charge in [-0.3, -0.25) is 5.43 Å². The molecular weight excluding hydrogens is 575 g/mol. The summed E-state index contributed by atoms with van der Waals surface area (Å²) in [4.78, 5) is 0. The van der Waals surface area contributed by atoms with E-state index in [1.807, 2.05) is 0 Å². The smallest absolute Gasteiger partial charge is 0.178 e. The van der Waals surface area contributed by atoms with E-state index < -0.39 is 104 Å². The van der Waals surface area contributed by atoms with Gasteiger partial charge in [-0.25, -0.2) is 9.82 Å². The Hall–Kier alpha value is -0.750. The summed E-state index contributed by atoms with van der Waals surface area (Å²) < 4.78 is 45.0. The Morgan fingerprint density at radius 1 is 0.721 bits per heavy atom. The van der Waals surface area contributed by atoms with Crippen LogP contribution in [0.15, 0.2) is 0 Å². The summed E-state index contributed by atoms with van der Waals surface area (Å²) in [7, 11) is 1.42. The van der Waals surface area contributed by atoms with E-state index in [0.29, 0.717) is 12.8 Å². The SMILES string of the molecule is CO[C@@H]1[C@@H](O)[C@H](O[C@H]2O[C@H](CN)CC[C@H]2N)[C@@H](NN[C@H]2[C@@H](O[C@H]3[C@H](O)[C@@H](O)[C@H](N)C[C@@H]3N)O[C@H](CN)[C@@H](O)[C@H]2F)C[C@H]1N. The summed E-state index contributed by atoms with van der Waals surface area (Å²) in [5.74, 6) is 0. The van der Waals surface area contributed by atoms with Crippen LogP contribution < -0.4 is 45.3 Å². The first kappa shape index (κ1) is 35.1. The molecule has 0 aromatic rings. The van der Waals surface area contributed by atoms with E-state index in [2.05, 4.69) is 10.9 Å². The van der Waals surface area contributed by atoms with Crippen molar-refractivity contribution in [3.8, 4) is 0 Å². The zero-order valence-electron chi connectivity index (χ0n) is 24.3. The average molecular weight is 627 g/mol. The molecule has 4 fully saturated rings. The van der Waals surface area contributed by atoms with Gasteiger partial charge in [0, 0.05) is 38.3 Å². The molecule has 0 spiro atoms. The fourth-order valence-corrected chi connectivity index (χ4v) is 6.40. The van der Waals surface area contributed by atoms with Gasteiger partial charge in [-0.1, -0.05) is 0 Å². The van der Waals surface area contributed by atoms with Gasteiger partial charge in [0.05, 0.1) is 24.3 Å². The van der Waals surface area contributed by atoms with Gasteiger partial charge in [0.1, 0.15) is 54.9 Å². The molecule has 0 amide bonds. The Kier molecular flexibility index (Phi) is 12.4. The van der Waals surface area contributed by atoms with Crippen molar-refractivity contribution in [2.75, 3.05) is 20.2 Å². The standard InChI is InChI=1S/C25H51FN8O9/c1-39-21-12(32)5-13(23(20(21)38)43-24-9(29)3-2-8(6-27)40-24)33-34-16-15(26)18(36)14(7-28)41-25(16)42-22-11(31)4-10(30)17(35)19(22)37/h8-25,33-38H,2-7,27-32H2,1H3/t8-,9+,10+,11-,12+,13-,14+,15-,16+,17-,18+,19+,20+,21-,22+,23+,24+,25+/m0/s1. The van der Waals surface area contributed by atoms with Crippen LogP contribution in [0.3, 0.4) is 0 Å². The number of nitrogens with two attached hydrogens (primary N) is 6. The Bertz CT molecular complexity index is 878. The van der Waals surface area contributed by atoms with Crippen molar-refractivity contribution in [3.05, 3.63) is 0 Å². The van der Waals surface area contributed by atoms with Gasteiger partial charge in [-0.15, -0.1) is 0 Å². The number of nitrogens with one attached hydrogen (secondary N) is 2. The second-order valence-electron chi connectivity index (χ2n) is 12.1. The fraction of sp³-hybridized carbons (Fsp3) is 1.00. The zero-order valence-corrected chi connectivity index (χ0v) is 24.3. The monoisotopic (exact) mass is 626 g/mol. The van der Waals surface area contributed by atoms with Gasteiger partial charge in [-0.2, -0.15) is 0 Å². The summed E-state index contributed by atoms with van der Waals surface area (Å²) in [5, 5.41) is 42.7. The van der Waals surface area contributed by atoms with E-state index in [9.17, 15) is 20.4 Å². The fourth-order valence-electron chi connectivity index (χ4n) is 6.40. The van der Waals surface area contributed by atoms with E-state index in [1.54, 1.807) is 0 Å². The van der Waals surface area contributed by atoms with Gasteiger partial charge < -0.3 is 78.5 Å². The number of hydrogen-bond acceptors (Lipinski definition) is 17. The molecule has 4 aliphatic rings. The Balaban J connectivity index is 1.52. The molecule has 18 heteroatoms. The van der Waals surface area contributed by atoms with E-state index in [-0.39, 0.29) is 32.0 Å². The predicted octanol–water partition coefficient (Wildman–Crippen LogP) is -6.35. The highest BCUT2D eigenvalue weighted by Crippen LogP contribution is 2.31. The Labute approximate surface area is 249 Å². The van der Waals surface area contributed by atoms with Crippen LogP contribution in [-0.2, 0) is 23.7 Å². The number of rotatable bonds is 10. The highest BCUT2D eigenvalue weighted by Gasteiger charge is 2.51. The largest absolute Gasteiger partial charge is 0.389 e. The molecule has 4 rings (SSSR count). The highest BCUT2D eigenvalue weighted by molar-refractivity contribution is 5.02. The minimum atomic E-state index is -1.97. The van der Waals surface area contributed by atoms with Gasteiger partial charge in [0.2, 0.25) is 0 Å². The first-order valence-electron chi connectivity index (χ1n) is 14.9. The van der Waals surface area contributed by atoms with E-state index in [0.717, 1.165) is 0 Å². The normalized spacial score (nSPS) is 51.3. The van der Waals surface area contributed by atoms with Crippen molar-refractivity contribution in [3.63, 3.8) is 0 Å². The second kappa shape index (κ2) is 15.2. The lowest BCUT2D eigenvalue weighted by Crippen LogP contribution is -2.71. The lowest BCUT2D eigenvalue weighted by molar-refractivity contribution is -0.288. The number of methoxy groups -OCH3 is 1. The molecule has 0 bridgehead atoms. The Morgan fingerprint density at radius 2 is 1.40 bits per heavy atom. The van der Waals surface area contributed by atoms with Gasteiger partial charge >= 0.3 is 0 Å². The maximum atomic E-state index is 15.7. The quantitative estimate of drug-likeness (QED) is 0.100. The van der Waals surface area contributed by atoms with Crippen LogP contribution in [0.1, 0.15) is 25.7 Å². The van der Waals surface area contributed by atoms with E-state index >= 15 is 4.39 Å². The summed E-state index contributed by atoms with van der Waals surface area (Å²) in [6.07, 6.45) is -12.7. The molecule has 17 nitrogen and oxygen atoms in total. The maximum absolute atomic E-state index is 15.7. The van der Waals surface area contributed by atoms with Crippen molar-refractivity contribution < 1.29 is 48.5 Å². The minimum absolute atomic E-state index is 0.127. The maximum Gasteiger partial charge on any atom is 0.178 e. The summed E-state index contributed by atoms with van der Waals surface area (Å²) in [6, 6.07) is -4.84. The number of aliphatic hydroxyl groups excluding tert-OH is 4. The summed E-state index contributed by atoms with van der Waals surface area (Å²) in [6.45, 7) is 0.0434. The number of ether oxygens (including phenoxy) is 5. The van der Waals surface area contributed by atoms with Crippen LogP contribution in [0.5, 0.6) is 0 Å². The Morgan fingerprint density at radius 3 is 2.05 bits per heavy atom. The molecule has 252 valence electrons. The molecule has 2 saturated heterocycles. The lowest BCUT2D eigenvalue weighted by atomic mass is 9.84. The summed E-state index contributed by atoms with van der Waals surface area (Å²) in [5.41, 5.74) is 41.9. The molecular formula is C25H51FN8O9. The number of hydrazine groups is 1. The van der Waals surface area contributed by atoms with Crippen LogP contribution >= 0.6 is 0 Å². The second-order valence-corrected chi connectivity index (χ2v) is 12.1. The van der Waals surface area contributed by atoms with Crippen LogP contribution in [0.4, 0.5) is 4.39 Å². The molecule has 0 aromatic heterocycles. The van der Waals surface area contributed by atoms with E-state index in [1.165, 1.54) is 7.11 Å². The van der Waals surface area contributed by atoms with Gasteiger partial charge in [0.25, 0.3) is 0 Å². The van der Waals surface area contributed by atoms with Crippen molar-refractivity contribution in [1.82, 2.24) is 10.9 Å². The molecule has 43 heavy (non-hydrogen) atoms. The van der Waals surface area contributed by atoms with Crippen molar-refractivity contribution >= 4 is 0 Å². The van der Waals surface area contributed by atoms with Crippen LogP contribution in [0, 0.1) is 0 Å². The molecule has 2 aliphatic heterocycles. The number of hydrogen-bond donors (Lipinski definition) is 12. The average Bonchev–Trinajstić information content (AvgIpc) is 2.98.